The maximum absolute atomic E-state index is 12.7. The van der Waals surface area contributed by atoms with Gasteiger partial charge < -0.3 is 19.8 Å². The Labute approximate surface area is 134 Å². The van der Waals surface area contributed by atoms with Crippen LogP contribution in [0.2, 0.25) is 0 Å². The zero-order chi connectivity index (χ0) is 16.6. The first kappa shape index (κ1) is 15.6. The molecule has 2 heterocycles. The van der Waals surface area contributed by atoms with E-state index in [2.05, 4.69) is 0 Å². The van der Waals surface area contributed by atoms with Crippen molar-refractivity contribution < 1.29 is 18.7 Å². The summed E-state index contributed by atoms with van der Waals surface area (Å²) in [4.78, 5) is 25.8. The molecule has 2 atom stereocenters. The van der Waals surface area contributed by atoms with E-state index in [0.29, 0.717) is 13.0 Å². The van der Waals surface area contributed by atoms with Gasteiger partial charge in [-0.2, -0.15) is 0 Å². The van der Waals surface area contributed by atoms with E-state index in [1.807, 2.05) is 31.2 Å². The fourth-order valence-corrected chi connectivity index (χ4v) is 3.21. The average molecular weight is 316 g/mol. The van der Waals surface area contributed by atoms with Crippen LogP contribution < -0.4 is 5.73 Å². The molecule has 0 spiro atoms. The van der Waals surface area contributed by atoms with Crippen LogP contribution >= 0.6 is 0 Å². The van der Waals surface area contributed by atoms with Gasteiger partial charge in [-0.05, 0) is 13.0 Å². The first-order valence-electron chi connectivity index (χ1n) is 7.60. The third-order valence-corrected chi connectivity index (χ3v) is 4.47. The molecular formula is C17H20N2O4. The van der Waals surface area contributed by atoms with Crippen molar-refractivity contribution in [2.45, 2.75) is 31.9 Å². The van der Waals surface area contributed by atoms with Crippen LogP contribution in [0, 0.1) is 6.92 Å². The van der Waals surface area contributed by atoms with E-state index in [1.54, 1.807) is 7.11 Å². The number of carbonyl (C=O) groups excluding carboxylic acids is 2. The topological polar surface area (TPSA) is 85.8 Å². The summed E-state index contributed by atoms with van der Waals surface area (Å²) in [7, 11) is 1.57. The van der Waals surface area contributed by atoms with Gasteiger partial charge in [-0.3, -0.25) is 9.59 Å². The van der Waals surface area contributed by atoms with Crippen LogP contribution in [0.5, 0.6) is 0 Å². The summed E-state index contributed by atoms with van der Waals surface area (Å²) < 4.78 is 11.0. The molecule has 0 unspecified atom stereocenters. The summed E-state index contributed by atoms with van der Waals surface area (Å²) in [5.74, 6) is 0.0901. The number of carbonyl (C=O) groups is 2. The molecule has 1 aromatic heterocycles. The maximum Gasteiger partial charge on any atom is 0.240 e. The lowest BCUT2D eigenvalue weighted by Crippen LogP contribution is -2.44. The number of fused-ring (bicyclic) bond motifs is 1. The first-order valence-corrected chi connectivity index (χ1v) is 7.60. The summed E-state index contributed by atoms with van der Waals surface area (Å²) >= 11 is 0. The van der Waals surface area contributed by atoms with Gasteiger partial charge in [-0.1, -0.05) is 18.2 Å². The van der Waals surface area contributed by atoms with Gasteiger partial charge in [-0.25, -0.2) is 0 Å². The summed E-state index contributed by atoms with van der Waals surface area (Å²) in [5, 5.41) is 0.927. The van der Waals surface area contributed by atoms with Crippen molar-refractivity contribution in [1.82, 2.24) is 4.90 Å². The first-order chi connectivity index (χ1) is 11.0. The Hall–Kier alpha value is -2.34. The van der Waals surface area contributed by atoms with E-state index in [0.717, 1.165) is 22.3 Å². The number of amides is 2. The van der Waals surface area contributed by atoms with Crippen LogP contribution in [0.25, 0.3) is 11.0 Å². The van der Waals surface area contributed by atoms with Gasteiger partial charge in [0, 0.05) is 31.0 Å². The lowest BCUT2D eigenvalue weighted by molar-refractivity contribution is -0.136. The number of rotatable bonds is 4. The van der Waals surface area contributed by atoms with Crippen LogP contribution in [0.3, 0.4) is 0 Å². The molecule has 6 nitrogen and oxygen atoms in total. The molecule has 122 valence electrons. The van der Waals surface area contributed by atoms with Gasteiger partial charge in [0.25, 0.3) is 0 Å². The van der Waals surface area contributed by atoms with Crippen molar-refractivity contribution >= 4 is 22.8 Å². The number of para-hydroxylation sites is 1. The minimum absolute atomic E-state index is 0.136. The Morgan fingerprint density at radius 2 is 2.13 bits per heavy atom. The van der Waals surface area contributed by atoms with Gasteiger partial charge in [0.2, 0.25) is 11.8 Å². The summed E-state index contributed by atoms with van der Waals surface area (Å²) in [6, 6.07) is 7.00. The van der Waals surface area contributed by atoms with Crippen LogP contribution in [-0.4, -0.2) is 42.5 Å². The predicted octanol–water partition coefficient (Wildman–Crippen LogP) is 1.38. The molecule has 1 aliphatic heterocycles. The highest BCUT2D eigenvalue weighted by molar-refractivity contribution is 5.91. The van der Waals surface area contributed by atoms with E-state index in [4.69, 9.17) is 14.9 Å². The molecule has 2 aromatic rings. The molecule has 0 radical (unpaired) electrons. The molecule has 23 heavy (non-hydrogen) atoms. The van der Waals surface area contributed by atoms with Crippen molar-refractivity contribution in [3.05, 3.63) is 35.6 Å². The molecule has 0 saturated carbocycles. The second kappa shape index (κ2) is 6.04. The Morgan fingerprint density at radius 3 is 2.83 bits per heavy atom. The number of aryl methyl sites for hydroxylation is 1. The number of primary amides is 1. The Balaban J connectivity index is 1.85. The van der Waals surface area contributed by atoms with Crippen LogP contribution in [-0.2, 0) is 20.7 Å². The number of nitrogens with two attached hydrogens (primary N) is 1. The number of likely N-dealkylation sites (tertiary alicyclic amines) is 1. The molecule has 2 N–H and O–H groups in total. The maximum atomic E-state index is 12.7. The molecule has 3 rings (SSSR count). The molecule has 6 heteroatoms. The Kier molecular flexibility index (Phi) is 4.09. The number of hydrogen-bond donors (Lipinski definition) is 1. The van der Waals surface area contributed by atoms with Gasteiger partial charge in [0.1, 0.15) is 17.4 Å². The molecule has 0 bridgehead atoms. The third kappa shape index (κ3) is 2.82. The highest BCUT2D eigenvalue weighted by Gasteiger charge is 2.38. The standard InChI is InChI=1S/C17H20N2O4/c1-10-13(12-5-3-4-6-15(12)23-10)8-16(20)19-9-11(22-2)7-14(19)17(18)21/h3-6,11,14H,7-9H2,1-2H3,(H2,18,21)/t11-,14-/m0/s1. The summed E-state index contributed by atoms with van der Waals surface area (Å²) in [6.45, 7) is 2.23. The number of ether oxygens (including phenoxy) is 1. The Morgan fingerprint density at radius 1 is 1.39 bits per heavy atom. The number of nitrogens with zero attached hydrogens (tertiary/aromatic N) is 1. The van der Waals surface area contributed by atoms with Gasteiger partial charge in [-0.15, -0.1) is 0 Å². The lowest BCUT2D eigenvalue weighted by Gasteiger charge is -2.21. The monoisotopic (exact) mass is 316 g/mol. The SMILES string of the molecule is CO[C@H]1C[C@@H](C(N)=O)N(C(=O)Cc2c(C)oc3ccccc23)C1. The normalized spacial score (nSPS) is 21.0. The average Bonchev–Trinajstić information content (AvgIpc) is 3.09. The number of hydrogen-bond acceptors (Lipinski definition) is 4. The van der Waals surface area contributed by atoms with Crippen molar-refractivity contribution in [3.8, 4) is 0 Å². The van der Waals surface area contributed by atoms with Crippen LogP contribution in [0.1, 0.15) is 17.7 Å². The summed E-state index contributed by atoms with van der Waals surface area (Å²) in [6.07, 6.45) is 0.477. The molecule has 0 aliphatic carbocycles. The minimum Gasteiger partial charge on any atom is -0.461 e. The predicted molar refractivity (Wildman–Crippen MR) is 84.8 cm³/mol. The molecule has 1 fully saturated rings. The van der Waals surface area contributed by atoms with E-state index < -0.39 is 11.9 Å². The smallest absolute Gasteiger partial charge is 0.240 e. The lowest BCUT2D eigenvalue weighted by atomic mass is 10.1. The molecule has 1 aliphatic rings. The Bertz CT molecular complexity index is 752. The molecule has 2 amide bonds. The van der Waals surface area contributed by atoms with Crippen molar-refractivity contribution in [2.75, 3.05) is 13.7 Å². The van der Waals surface area contributed by atoms with E-state index in [1.165, 1.54) is 4.90 Å². The van der Waals surface area contributed by atoms with E-state index >= 15 is 0 Å². The fraction of sp³-hybridized carbons (Fsp3) is 0.412. The molecule has 1 saturated heterocycles. The highest BCUT2D eigenvalue weighted by atomic mass is 16.5. The van der Waals surface area contributed by atoms with Crippen LogP contribution in [0.15, 0.2) is 28.7 Å². The zero-order valence-corrected chi connectivity index (χ0v) is 13.2. The van der Waals surface area contributed by atoms with E-state index in [9.17, 15) is 9.59 Å². The molecule has 1 aromatic carbocycles. The third-order valence-electron chi connectivity index (χ3n) is 4.47. The largest absolute Gasteiger partial charge is 0.461 e. The quantitative estimate of drug-likeness (QED) is 0.923. The highest BCUT2D eigenvalue weighted by Crippen LogP contribution is 2.27. The van der Waals surface area contributed by atoms with Crippen molar-refractivity contribution in [1.29, 1.82) is 0 Å². The van der Waals surface area contributed by atoms with Gasteiger partial charge in [0.15, 0.2) is 0 Å². The fourth-order valence-electron chi connectivity index (χ4n) is 3.21. The minimum atomic E-state index is -0.606. The second-order valence-electron chi connectivity index (χ2n) is 5.87. The molecular weight excluding hydrogens is 296 g/mol. The van der Waals surface area contributed by atoms with Gasteiger partial charge in [0.05, 0.1) is 12.5 Å². The number of furan rings is 1. The summed E-state index contributed by atoms with van der Waals surface area (Å²) in [5.41, 5.74) is 7.05. The van der Waals surface area contributed by atoms with Crippen molar-refractivity contribution in [2.24, 2.45) is 5.73 Å². The van der Waals surface area contributed by atoms with Gasteiger partial charge >= 0.3 is 0 Å². The number of methoxy groups -OCH3 is 1. The van der Waals surface area contributed by atoms with Crippen LogP contribution in [0.4, 0.5) is 0 Å². The van der Waals surface area contributed by atoms with Crippen molar-refractivity contribution in [3.63, 3.8) is 0 Å². The zero-order valence-electron chi connectivity index (χ0n) is 13.2. The second-order valence-corrected chi connectivity index (χ2v) is 5.87. The van der Waals surface area contributed by atoms with E-state index in [-0.39, 0.29) is 18.4 Å². The number of benzene rings is 1.